The third-order valence-electron chi connectivity index (χ3n) is 21.1. The molecule has 86 heavy (non-hydrogen) atoms. The number of sulfonamides is 1. The van der Waals surface area contributed by atoms with Gasteiger partial charge in [-0.1, -0.05) is 149 Å². The minimum absolute atomic E-state index is 0.00190. The van der Waals surface area contributed by atoms with Gasteiger partial charge in [-0.15, -0.1) is 0 Å². The topological polar surface area (TPSA) is 230 Å². The van der Waals surface area contributed by atoms with Gasteiger partial charge in [0.25, 0.3) is 0 Å². The molecule has 2 aliphatic heterocycles. The predicted octanol–water partition coefficient (Wildman–Crippen LogP) is 10.9. The van der Waals surface area contributed by atoms with Gasteiger partial charge in [-0.05, 0) is 114 Å². The third-order valence-corrected chi connectivity index (χ3v) is 23.3. The first-order valence-electron chi connectivity index (χ1n) is 32.7. The Morgan fingerprint density at radius 3 is 1.24 bits per heavy atom. The lowest BCUT2D eigenvalue weighted by molar-refractivity contribution is -0.155. The van der Waals surface area contributed by atoms with Crippen LogP contribution in [0.25, 0.3) is 0 Å². The average Bonchev–Trinajstić information content (AvgIpc) is 1.54. The summed E-state index contributed by atoms with van der Waals surface area (Å²) in [6.45, 7) is 38.9. The van der Waals surface area contributed by atoms with Gasteiger partial charge in [0.05, 0.1) is 24.9 Å². The molecule has 0 spiro atoms. The maximum Gasteiger partial charge on any atom is 0.334 e. The Morgan fingerprint density at radius 1 is 0.581 bits per heavy atom. The summed E-state index contributed by atoms with van der Waals surface area (Å²) in [6.07, 6.45) is 5.83. The van der Waals surface area contributed by atoms with Crippen molar-refractivity contribution in [1.82, 2.24) is 14.1 Å². The lowest BCUT2D eigenvalue weighted by Crippen LogP contribution is -2.51. The zero-order valence-electron chi connectivity index (χ0n) is 57.2. The number of hydrogen-bond acceptors (Lipinski definition) is 13. The number of Topliss-reactive ketones (excluding diaryl/α,β-unsaturated/α-hetero) is 5. The van der Waals surface area contributed by atoms with Crippen molar-refractivity contribution in [2.24, 2.45) is 91.7 Å². The minimum atomic E-state index is -3.58. The maximum atomic E-state index is 14.3. The monoisotopic (exact) mass is 1230 g/mol. The molecule has 0 aromatic carbocycles. The van der Waals surface area contributed by atoms with E-state index in [1.165, 1.54) is 18.5 Å². The van der Waals surface area contributed by atoms with E-state index in [1.54, 1.807) is 30.6 Å². The number of likely N-dealkylation sites (tertiary alicyclic amines) is 2. The number of nitrogens with zero attached hydrogens (tertiary/aromatic N) is 3. The molecular formula is C69H117N3O13S. The Labute approximate surface area is 519 Å². The zero-order chi connectivity index (χ0) is 65.6. The third kappa shape index (κ3) is 18.2. The molecule has 6 rings (SSSR count). The first kappa shape index (κ1) is 73.3. The van der Waals surface area contributed by atoms with E-state index in [4.69, 9.17) is 4.74 Å². The molecule has 2 amide bonds. The number of carbonyl (C=O) groups is 8. The zero-order valence-corrected chi connectivity index (χ0v) is 58.0. The molecule has 6 fully saturated rings. The molecule has 0 aromatic rings. The number of fused-ring (bicyclic) bond motifs is 2. The fourth-order valence-corrected chi connectivity index (χ4v) is 16.5. The highest BCUT2D eigenvalue weighted by Gasteiger charge is 2.71. The van der Waals surface area contributed by atoms with Crippen molar-refractivity contribution in [2.75, 3.05) is 33.0 Å². The molecule has 492 valence electrons. The number of esters is 1. The van der Waals surface area contributed by atoms with Crippen molar-refractivity contribution in [1.29, 1.82) is 0 Å². The smallest absolute Gasteiger partial charge is 0.334 e. The van der Waals surface area contributed by atoms with Crippen molar-refractivity contribution in [3.8, 4) is 0 Å². The van der Waals surface area contributed by atoms with E-state index in [0.717, 1.165) is 38.5 Å². The van der Waals surface area contributed by atoms with Crippen molar-refractivity contribution in [3.63, 3.8) is 0 Å². The summed E-state index contributed by atoms with van der Waals surface area (Å²) in [5.41, 5.74) is -1.99. The normalized spacial score (nSPS) is 25.9. The van der Waals surface area contributed by atoms with Crippen LogP contribution in [-0.2, 0) is 53.1 Å². The van der Waals surface area contributed by atoms with Crippen LogP contribution in [0.4, 0.5) is 0 Å². The number of aliphatic hydroxyl groups is 2. The van der Waals surface area contributed by atoms with E-state index in [1.807, 2.05) is 83.1 Å². The van der Waals surface area contributed by atoms with Crippen LogP contribution in [-0.4, -0.2) is 142 Å². The van der Waals surface area contributed by atoms with Crippen LogP contribution in [0, 0.1) is 91.7 Å². The minimum Gasteiger partial charge on any atom is -0.467 e. The molecule has 0 bridgehead atoms. The van der Waals surface area contributed by atoms with E-state index in [-0.39, 0.29) is 125 Å². The Kier molecular flexibility index (Phi) is 23.2. The molecule has 2 heterocycles. The summed E-state index contributed by atoms with van der Waals surface area (Å²) in [7, 11) is -0.802. The molecule has 6 aliphatic rings. The molecule has 2 N–H and O–H groups in total. The summed E-state index contributed by atoms with van der Waals surface area (Å²) in [4.78, 5) is 112. The standard InChI is InChI=1S/C38H66N2O7S.C31H51NO6/c1-35(2,3)22-26(41)21-27(36(4,5)6)34(45)40-23-28-31(38(28,10)11)32(40)30(43)20-25(19-24-15-13-16-24)33(44)29(42)17-14-18-48(46,47)39(12)37(7,8)9;1-29(2,3)16-20(33)15-21(30(4,5)6)27(36)32-17-22-24(31(22,7)8)25(32)23(34)14-19(13-18-11-10-12-18)26(35)28(37)38-9/h24-25,27-28,31-33,44H,13-23H2,1-12H3;18-19,21-22,24-26,35H,10-17H2,1-9H3/t25?,27-,28+,31+,32-,33?;19?,21-,22+,24+,25-,26?/m11/s1. The van der Waals surface area contributed by atoms with Crippen LogP contribution in [0.3, 0.4) is 0 Å². The van der Waals surface area contributed by atoms with Gasteiger partial charge in [-0.3, -0.25) is 33.6 Å². The van der Waals surface area contributed by atoms with E-state index in [0.29, 0.717) is 50.6 Å². The van der Waals surface area contributed by atoms with Crippen molar-refractivity contribution in [3.05, 3.63) is 0 Å². The number of hydrogen-bond donors (Lipinski definition) is 2. The van der Waals surface area contributed by atoms with E-state index >= 15 is 0 Å². The quantitative estimate of drug-likeness (QED) is 0.0730. The summed E-state index contributed by atoms with van der Waals surface area (Å²) >= 11 is 0. The van der Waals surface area contributed by atoms with E-state index < -0.39 is 86.1 Å². The summed E-state index contributed by atoms with van der Waals surface area (Å²) in [6, 6.07) is -1.23. The fourth-order valence-electron chi connectivity index (χ4n) is 14.9. The van der Waals surface area contributed by atoms with Crippen LogP contribution >= 0.6 is 0 Å². The molecule has 4 saturated carbocycles. The lowest BCUT2D eigenvalue weighted by Gasteiger charge is -2.38. The lowest BCUT2D eigenvalue weighted by atomic mass is 9.74. The highest BCUT2D eigenvalue weighted by molar-refractivity contribution is 7.89. The van der Waals surface area contributed by atoms with Crippen LogP contribution in [0.5, 0.6) is 0 Å². The summed E-state index contributed by atoms with van der Waals surface area (Å²) in [5, 5.41) is 22.1. The maximum absolute atomic E-state index is 14.3. The Balaban J connectivity index is 0.000000322. The molecule has 4 aliphatic carbocycles. The molecule has 16 nitrogen and oxygen atoms in total. The van der Waals surface area contributed by atoms with Gasteiger partial charge in [0.1, 0.15) is 17.7 Å². The van der Waals surface area contributed by atoms with Crippen LogP contribution in [0.2, 0.25) is 0 Å². The number of ether oxygens (including phenoxy) is 1. The fraction of sp³-hybridized carbons (Fsp3) is 0.884. The van der Waals surface area contributed by atoms with Crippen molar-refractivity contribution >= 4 is 56.7 Å². The van der Waals surface area contributed by atoms with Gasteiger partial charge in [0.15, 0.2) is 23.5 Å². The largest absolute Gasteiger partial charge is 0.467 e. The number of aliphatic hydroxyl groups excluding tert-OH is 2. The van der Waals surface area contributed by atoms with Crippen molar-refractivity contribution < 1.29 is 61.7 Å². The number of piperidine rings is 2. The summed E-state index contributed by atoms with van der Waals surface area (Å²) < 4.78 is 31.7. The molecule has 0 aromatic heterocycles. The molecule has 12 atom stereocenters. The number of carbonyl (C=O) groups excluding carboxylic acids is 8. The SMILES string of the molecule is CN(C(C)(C)C)S(=O)(=O)CCCC(=O)C(O)C(CC(=O)[C@@H]1[C@@H]2[C@H](CN1C(=O)[C@@H](CC(=O)CC(C)(C)C)C(C)(C)C)C2(C)C)CC1CCC1.COC(=O)C(O)C(CC(=O)[C@@H]1[C@@H]2[C@H](CN1C(=O)[C@@H](CC(=O)CC(C)(C)C)C(C)(C)C)C2(C)C)CC1CCC1. The highest BCUT2D eigenvalue weighted by Crippen LogP contribution is 2.67. The molecule has 17 heteroatoms. The second kappa shape index (κ2) is 27.2. The van der Waals surface area contributed by atoms with Crippen LogP contribution in [0.15, 0.2) is 0 Å². The number of ketones is 5. The van der Waals surface area contributed by atoms with Crippen LogP contribution < -0.4 is 0 Å². The van der Waals surface area contributed by atoms with E-state index in [9.17, 15) is 57.0 Å². The van der Waals surface area contributed by atoms with Gasteiger partial charge in [-0.25, -0.2) is 13.2 Å². The van der Waals surface area contributed by atoms with Crippen molar-refractivity contribution in [2.45, 2.75) is 264 Å². The first-order chi connectivity index (χ1) is 39.1. The van der Waals surface area contributed by atoms with Gasteiger partial charge >= 0.3 is 5.97 Å². The molecule has 4 unspecified atom stereocenters. The van der Waals surface area contributed by atoms with Gasteiger partial charge < -0.3 is 24.7 Å². The number of rotatable bonds is 27. The molecule has 0 radical (unpaired) electrons. The number of amides is 2. The predicted molar refractivity (Wildman–Crippen MR) is 336 cm³/mol. The molecular weight excluding hydrogens is 1110 g/mol. The van der Waals surface area contributed by atoms with Crippen LogP contribution in [0.1, 0.15) is 234 Å². The average molecular weight is 1230 g/mol. The van der Waals surface area contributed by atoms with Gasteiger partial charge in [0, 0.05) is 88.4 Å². The molecule has 2 saturated heterocycles. The highest BCUT2D eigenvalue weighted by atomic mass is 32.2. The van der Waals surface area contributed by atoms with E-state index in [2.05, 4.69) is 27.7 Å². The second-order valence-corrected chi connectivity index (χ2v) is 36.6. The Morgan fingerprint density at radius 2 is 0.942 bits per heavy atom. The van der Waals surface area contributed by atoms with Gasteiger partial charge in [-0.2, -0.15) is 4.31 Å². The number of methoxy groups -OCH3 is 1. The van der Waals surface area contributed by atoms with Gasteiger partial charge in [0.2, 0.25) is 21.8 Å². The Bertz CT molecular complexity index is 2580. The summed E-state index contributed by atoms with van der Waals surface area (Å²) in [5.74, 6) is -2.69. The Hall–Kier alpha value is -3.41. The first-order valence-corrected chi connectivity index (χ1v) is 34.3. The second-order valence-electron chi connectivity index (χ2n) is 34.4.